The van der Waals surface area contributed by atoms with Gasteiger partial charge < -0.3 is 15.0 Å². The molecule has 1 atom stereocenters. The monoisotopic (exact) mass is 532 g/mol. The molecule has 0 aromatic heterocycles. The van der Waals surface area contributed by atoms with E-state index in [9.17, 15) is 9.59 Å². The molecule has 0 spiro atoms. The van der Waals surface area contributed by atoms with Gasteiger partial charge in [0, 0.05) is 29.6 Å². The molecule has 0 saturated carbocycles. The third kappa shape index (κ3) is 7.89. The van der Waals surface area contributed by atoms with Gasteiger partial charge in [0.15, 0.2) is 6.61 Å². The van der Waals surface area contributed by atoms with Crippen molar-refractivity contribution in [2.45, 2.75) is 32.4 Å². The Morgan fingerprint density at radius 3 is 2.34 bits per heavy atom. The van der Waals surface area contributed by atoms with Gasteiger partial charge in [0.05, 0.1) is 5.02 Å². The Labute approximate surface area is 220 Å². The van der Waals surface area contributed by atoms with Crippen LogP contribution in [0.4, 0.5) is 0 Å². The number of nitrogens with one attached hydrogen (secondary N) is 1. The lowest BCUT2D eigenvalue weighted by Gasteiger charge is -2.31. The zero-order valence-electron chi connectivity index (χ0n) is 19.3. The Hall–Kier alpha value is -2.73. The summed E-state index contributed by atoms with van der Waals surface area (Å²) in [6.07, 6.45) is 1.12. The van der Waals surface area contributed by atoms with Crippen molar-refractivity contribution in [3.63, 3.8) is 0 Å². The van der Waals surface area contributed by atoms with Crippen LogP contribution in [0.2, 0.25) is 15.1 Å². The molecule has 2 amide bonds. The Morgan fingerprint density at radius 2 is 1.66 bits per heavy atom. The minimum absolute atomic E-state index is 0.146. The Kier molecular flexibility index (Phi) is 10.3. The third-order valence-corrected chi connectivity index (χ3v) is 6.26. The number of ether oxygens (including phenoxy) is 1. The lowest BCUT2D eigenvalue weighted by molar-refractivity contribution is -0.142. The standard InChI is InChI=1S/C27H27Cl3N2O3/c1-2-14-31-27(34)24(15-19-8-4-3-5-9-19)32(17-20-10-6-7-11-22(20)29)26(33)18-35-25-13-12-21(28)16-23(25)30/h3-13,16,24H,2,14-15,17-18H2,1H3,(H,31,34)/t24-/m0/s1. The van der Waals surface area contributed by atoms with E-state index in [1.54, 1.807) is 24.3 Å². The zero-order valence-corrected chi connectivity index (χ0v) is 21.6. The second-order valence-electron chi connectivity index (χ2n) is 7.97. The molecule has 35 heavy (non-hydrogen) atoms. The van der Waals surface area contributed by atoms with Crippen molar-refractivity contribution in [1.82, 2.24) is 10.2 Å². The van der Waals surface area contributed by atoms with E-state index < -0.39 is 6.04 Å². The van der Waals surface area contributed by atoms with Crippen LogP contribution in [0.1, 0.15) is 24.5 Å². The zero-order chi connectivity index (χ0) is 25.2. The highest BCUT2D eigenvalue weighted by atomic mass is 35.5. The van der Waals surface area contributed by atoms with Crippen molar-refractivity contribution in [3.8, 4) is 5.75 Å². The first-order valence-corrected chi connectivity index (χ1v) is 12.4. The Morgan fingerprint density at radius 1 is 0.943 bits per heavy atom. The predicted molar refractivity (Wildman–Crippen MR) is 141 cm³/mol. The van der Waals surface area contributed by atoms with Crippen LogP contribution in [0.15, 0.2) is 72.8 Å². The molecule has 3 aromatic carbocycles. The number of hydrogen-bond acceptors (Lipinski definition) is 3. The van der Waals surface area contributed by atoms with Gasteiger partial charge in [0.1, 0.15) is 11.8 Å². The number of carbonyl (C=O) groups is 2. The number of amides is 2. The van der Waals surface area contributed by atoms with E-state index in [-0.39, 0.29) is 25.0 Å². The summed E-state index contributed by atoms with van der Waals surface area (Å²) in [6, 6.07) is 20.8. The topological polar surface area (TPSA) is 58.6 Å². The van der Waals surface area contributed by atoms with Crippen molar-refractivity contribution in [2.24, 2.45) is 0 Å². The van der Waals surface area contributed by atoms with Crippen LogP contribution in [-0.4, -0.2) is 35.9 Å². The van der Waals surface area contributed by atoms with Gasteiger partial charge in [-0.1, -0.05) is 90.3 Å². The molecular weight excluding hydrogens is 507 g/mol. The minimum Gasteiger partial charge on any atom is -0.482 e. The number of hydrogen-bond donors (Lipinski definition) is 1. The predicted octanol–water partition coefficient (Wildman–Crippen LogP) is 6.19. The highest BCUT2D eigenvalue weighted by molar-refractivity contribution is 6.35. The van der Waals surface area contributed by atoms with Crippen molar-refractivity contribution in [3.05, 3.63) is 99.0 Å². The first kappa shape index (κ1) is 26.9. The van der Waals surface area contributed by atoms with E-state index in [0.717, 1.165) is 17.5 Å². The number of halogens is 3. The first-order valence-electron chi connectivity index (χ1n) is 11.3. The molecule has 0 saturated heterocycles. The number of rotatable bonds is 11. The molecule has 8 heteroatoms. The van der Waals surface area contributed by atoms with Crippen LogP contribution in [0.5, 0.6) is 5.75 Å². The summed E-state index contributed by atoms with van der Waals surface area (Å²) in [6.45, 7) is 2.32. The molecule has 0 aliphatic rings. The fourth-order valence-electron chi connectivity index (χ4n) is 3.54. The summed E-state index contributed by atoms with van der Waals surface area (Å²) in [5.41, 5.74) is 1.66. The van der Waals surface area contributed by atoms with E-state index >= 15 is 0 Å². The molecule has 0 fully saturated rings. The van der Waals surface area contributed by atoms with E-state index in [1.165, 1.54) is 4.90 Å². The van der Waals surface area contributed by atoms with Crippen molar-refractivity contribution < 1.29 is 14.3 Å². The number of benzene rings is 3. The maximum absolute atomic E-state index is 13.5. The minimum atomic E-state index is -0.767. The average Bonchev–Trinajstić information content (AvgIpc) is 2.85. The number of nitrogens with zero attached hydrogens (tertiary/aromatic N) is 1. The molecule has 1 N–H and O–H groups in total. The largest absolute Gasteiger partial charge is 0.482 e. The lowest BCUT2D eigenvalue weighted by atomic mass is 10.0. The number of carbonyl (C=O) groups excluding carboxylic acids is 2. The van der Waals surface area contributed by atoms with Crippen LogP contribution < -0.4 is 10.1 Å². The normalized spacial score (nSPS) is 11.5. The summed E-state index contributed by atoms with van der Waals surface area (Å²) in [5.74, 6) is -0.277. The van der Waals surface area contributed by atoms with Crippen molar-refractivity contribution in [2.75, 3.05) is 13.2 Å². The molecule has 3 aromatic rings. The molecule has 0 aliphatic heterocycles. The van der Waals surface area contributed by atoms with Gasteiger partial charge in [-0.25, -0.2) is 0 Å². The van der Waals surface area contributed by atoms with Crippen molar-refractivity contribution >= 4 is 46.6 Å². The SMILES string of the molecule is CCCNC(=O)[C@H](Cc1ccccc1)N(Cc1ccccc1Cl)C(=O)COc1ccc(Cl)cc1Cl. The van der Waals surface area contributed by atoms with Gasteiger partial charge in [-0.3, -0.25) is 9.59 Å². The molecule has 3 rings (SSSR count). The lowest BCUT2D eigenvalue weighted by Crippen LogP contribution is -2.51. The van der Waals surface area contributed by atoms with Crippen LogP contribution in [0, 0.1) is 0 Å². The molecule has 0 aliphatic carbocycles. The highest BCUT2D eigenvalue weighted by Crippen LogP contribution is 2.28. The van der Waals surface area contributed by atoms with Crippen LogP contribution in [0.3, 0.4) is 0 Å². The van der Waals surface area contributed by atoms with Gasteiger partial charge in [-0.05, 0) is 41.8 Å². The second-order valence-corrected chi connectivity index (χ2v) is 9.22. The van der Waals surface area contributed by atoms with Gasteiger partial charge in [0.25, 0.3) is 5.91 Å². The average molecular weight is 534 g/mol. The summed E-state index contributed by atoms with van der Waals surface area (Å²) < 4.78 is 5.72. The third-order valence-electron chi connectivity index (χ3n) is 5.36. The first-order chi connectivity index (χ1) is 16.9. The van der Waals surface area contributed by atoms with Gasteiger partial charge in [-0.15, -0.1) is 0 Å². The molecule has 5 nitrogen and oxygen atoms in total. The molecule has 0 unspecified atom stereocenters. The molecular formula is C27H27Cl3N2O3. The van der Waals surface area contributed by atoms with Crippen LogP contribution in [-0.2, 0) is 22.6 Å². The Balaban J connectivity index is 1.91. The quantitative estimate of drug-likeness (QED) is 0.320. The van der Waals surface area contributed by atoms with E-state index in [2.05, 4.69) is 5.32 Å². The smallest absolute Gasteiger partial charge is 0.261 e. The summed E-state index contributed by atoms with van der Waals surface area (Å²) in [7, 11) is 0. The summed E-state index contributed by atoms with van der Waals surface area (Å²) >= 11 is 18.6. The van der Waals surface area contributed by atoms with E-state index in [4.69, 9.17) is 39.5 Å². The highest BCUT2D eigenvalue weighted by Gasteiger charge is 2.31. The van der Waals surface area contributed by atoms with Crippen LogP contribution >= 0.6 is 34.8 Å². The fraction of sp³-hybridized carbons (Fsp3) is 0.259. The van der Waals surface area contributed by atoms with Gasteiger partial charge >= 0.3 is 0 Å². The maximum Gasteiger partial charge on any atom is 0.261 e. The van der Waals surface area contributed by atoms with Gasteiger partial charge in [0.2, 0.25) is 5.91 Å². The Bertz CT molecular complexity index is 1140. The second kappa shape index (κ2) is 13.4. The summed E-state index contributed by atoms with van der Waals surface area (Å²) in [4.78, 5) is 28.3. The molecule has 0 radical (unpaired) electrons. The van der Waals surface area contributed by atoms with Crippen molar-refractivity contribution in [1.29, 1.82) is 0 Å². The molecule has 0 bridgehead atoms. The maximum atomic E-state index is 13.5. The molecule has 0 heterocycles. The van der Waals surface area contributed by atoms with Gasteiger partial charge in [-0.2, -0.15) is 0 Å². The van der Waals surface area contributed by atoms with E-state index in [1.807, 2.05) is 55.5 Å². The van der Waals surface area contributed by atoms with Crippen LogP contribution in [0.25, 0.3) is 0 Å². The summed E-state index contributed by atoms with van der Waals surface area (Å²) in [5, 5.41) is 4.21. The van der Waals surface area contributed by atoms with E-state index in [0.29, 0.717) is 33.8 Å². The fourth-order valence-corrected chi connectivity index (χ4v) is 4.20. The molecule has 184 valence electrons.